The number of hydrogen-bond donors (Lipinski definition) is 0. The molecule has 0 aromatic heterocycles. The van der Waals surface area contributed by atoms with Crippen LogP contribution in [0.2, 0.25) is 0 Å². The molecule has 0 fully saturated rings. The fourth-order valence-corrected chi connectivity index (χ4v) is 3.41. The molecule has 0 radical (unpaired) electrons. The first kappa shape index (κ1) is 11.5. The normalized spacial score (nSPS) is 24.8. The van der Waals surface area contributed by atoms with E-state index in [1.54, 1.807) is 0 Å². The topological polar surface area (TPSA) is 0 Å². The summed E-state index contributed by atoms with van der Waals surface area (Å²) in [5.41, 5.74) is 4.74. The number of rotatable bonds is 1. The van der Waals surface area contributed by atoms with Crippen molar-refractivity contribution < 1.29 is 0 Å². The molecule has 1 aliphatic carbocycles. The molecule has 0 saturated carbocycles. The van der Waals surface area contributed by atoms with Crippen LogP contribution in [0.25, 0.3) is 0 Å². The average Bonchev–Trinajstić information content (AvgIpc) is 2.60. The van der Waals surface area contributed by atoms with Crippen LogP contribution < -0.4 is 0 Å². The van der Waals surface area contributed by atoms with Crippen LogP contribution in [0, 0.1) is 5.92 Å². The molecule has 2 aromatic rings. The predicted octanol–water partition coefficient (Wildman–Crippen LogP) is 4.75. The van der Waals surface area contributed by atoms with Crippen molar-refractivity contribution in [2.24, 2.45) is 5.92 Å². The largest absolute Gasteiger partial charge is 0.0622 e. The van der Waals surface area contributed by atoms with Crippen LogP contribution in [-0.4, -0.2) is 0 Å². The second kappa shape index (κ2) is 3.98. The Morgan fingerprint density at radius 2 is 1.44 bits per heavy atom. The van der Waals surface area contributed by atoms with E-state index in [-0.39, 0.29) is 5.41 Å². The van der Waals surface area contributed by atoms with Crippen LogP contribution >= 0.6 is 0 Å². The lowest BCUT2D eigenvalue weighted by Crippen LogP contribution is -2.23. The molecule has 0 saturated heterocycles. The van der Waals surface area contributed by atoms with Gasteiger partial charge < -0.3 is 0 Å². The maximum absolute atomic E-state index is 2.39. The van der Waals surface area contributed by atoms with Crippen molar-refractivity contribution in [2.45, 2.75) is 32.1 Å². The van der Waals surface area contributed by atoms with Gasteiger partial charge in [0.15, 0.2) is 0 Å². The molecule has 0 heterocycles. The SMILES string of the molecule is CC1C(c2ccccc2)c2ccccc2C1(C)C. The van der Waals surface area contributed by atoms with Crippen LogP contribution in [0.3, 0.4) is 0 Å². The first-order chi connectivity index (χ1) is 8.62. The first-order valence-electron chi connectivity index (χ1n) is 6.76. The number of benzene rings is 2. The molecule has 0 amide bonds. The monoisotopic (exact) mass is 236 g/mol. The minimum atomic E-state index is 0.261. The van der Waals surface area contributed by atoms with Gasteiger partial charge in [0.05, 0.1) is 0 Å². The van der Waals surface area contributed by atoms with Crippen molar-refractivity contribution in [3.8, 4) is 0 Å². The number of fused-ring (bicyclic) bond motifs is 1. The smallest absolute Gasteiger partial charge is 0.0126 e. The Kier molecular flexibility index (Phi) is 2.55. The summed E-state index contributed by atoms with van der Waals surface area (Å²) < 4.78 is 0. The minimum absolute atomic E-state index is 0.261. The fraction of sp³-hybridized carbons (Fsp3) is 0.333. The highest BCUT2D eigenvalue weighted by Crippen LogP contribution is 2.52. The standard InChI is InChI=1S/C18H20/c1-13-17(14-9-5-4-6-10-14)15-11-7-8-12-16(15)18(13,2)3/h4-13,17H,1-3H3. The molecule has 2 aromatic carbocycles. The van der Waals surface area contributed by atoms with Gasteiger partial charge in [-0.05, 0) is 28.0 Å². The lowest BCUT2D eigenvalue weighted by molar-refractivity contribution is 0.352. The summed E-state index contributed by atoms with van der Waals surface area (Å²) in [5.74, 6) is 1.18. The van der Waals surface area contributed by atoms with E-state index < -0.39 is 0 Å². The van der Waals surface area contributed by atoms with Gasteiger partial charge in [-0.1, -0.05) is 75.4 Å². The molecule has 0 bridgehead atoms. The van der Waals surface area contributed by atoms with E-state index in [4.69, 9.17) is 0 Å². The second-order valence-corrected chi connectivity index (χ2v) is 5.99. The predicted molar refractivity (Wildman–Crippen MR) is 76.9 cm³/mol. The zero-order valence-electron chi connectivity index (χ0n) is 11.4. The Hall–Kier alpha value is -1.56. The zero-order chi connectivity index (χ0) is 12.8. The molecular weight excluding hydrogens is 216 g/mol. The Balaban J connectivity index is 2.18. The average molecular weight is 236 g/mol. The van der Waals surface area contributed by atoms with E-state index in [1.807, 2.05) is 0 Å². The highest BCUT2D eigenvalue weighted by Gasteiger charge is 2.43. The summed E-state index contributed by atoms with van der Waals surface area (Å²) >= 11 is 0. The van der Waals surface area contributed by atoms with Crippen LogP contribution in [0.5, 0.6) is 0 Å². The molecule has 3 rings (SSSR count). The van der Waals surface area contributed by atoms with Gasteiger partial charge in [0, 0.05) is 5.92 Å². The second-order valence-electron chi connectivity index (χ2n) is 5.99. The molecule has 0 aliphatic heterocycles. The summed E-state index contributed by atoms with van der Waals surface area (Å²) in [6.07, 6.45) is 0. The van der Waals surface area contributed by atoms with E-state index in [1.165, 1.54) is 16.7 Å². The highest BCUT2D eigenvalue weighted by atomic mass is 14.5. The molecule has 18 heavy (non-hydrogen) atoms. The molecular formula is C18H20. The molecule has 0 nitrogen and oxygen atoms in total. The molecule has 0 N–H and O–H groups in total. The molecule has 92 valence electrons. The summed E-state index contributed by atoms with van der Waals surface area (Å²) in [7, 11) is 0. The van der Waals surface area contributed by atoms with Crippen LogP contribution in [0.4, 0.5) is 0 Å². The Morgan fingerprint density at radius 3 is 2.17 bits per heavy atom. The zero-order valence-corrected chi connectivity index (χ0v) is 11.4. The van der Waals surface area contributed by atoms with Gasteiger partial charge >= 0.3 is 0 Å². The third-order valence-electron chi connectivity index (χ3n) is 4.79. The summed E-state index contributed by atoms with van der Waals surface area (Å²) in [5, 5.41) is 0. The van der Waals surface area contributed by atoms with Gasteiger partial charge in [0.25, 0.3) is 0 Å². The quantitative estimate of drug-likeness (QED) is 0.670. The van der Waals surface area contributed by atoms with Gasteiger partial charge in [0.1, 0.15) is 0 Å². The third kappa shape index (κ3) is 1.52. The van der Waals surface area contributed by atoms with Gasteiger partial charge in [-0.15, -0.1) is 0 Å². The van der Waals surface area contributed by atoms with E-state index in [0.29, 0.717) is 11.8 Å². The summed E-state index contributed by atoms with van der Waals surface area (Å²) in [6.45, 7) is 7.14. The maximum Gasteiger partial charge on any atom is 0.0126 e. The molecule has 1 aliphatic rings. The van der Waals surface area contributed by atoms with Gasteiger partial charge in [-0.25, -0.2) is 0 Å². The summed E-state index contributed by atoms with van der Waals surface area (Å²) in [6, 6.07) is 19.9. The maximum atomic E-state index is 2.39. The van der Waals surface area contributed by atoms with Crippen LogP contribution in [0.1, 0.15) is 43.4 Å². The van der Waals surface area contributed by atoms with Crippen molar-refractivity contribution in [3.63, 3.8) is 0 Å². The molecule has 0 heteroatoms. The lowest BCUT2D eigenvalue weighted by atomic mass is 9.75. The van der Waals surface area contributed by atoms with E-state index in [0.717, 1.165) is 0 Å². The Labute approximate surface area is 110 Å². The van der Waals surface area contributed by atoms with Crippen LogP contribution in [-0.2, 0) is 5.41 Å². The molecule has 0 spiro atoms. The Bertz CT molecular complexity index is 551. The summed E-state index contributed by atoms with van der Waals surface area (Å²) in [4.78, 5) is 0. The van der Waals surface area contributed by atoms with Crippen molar-refractivity contribution >= 4 is 0 Å². The molecule has 2 atom stereocenters. The minimum Gasteiger partial charge on any atom is -0.0622 e. The van der Waals surface area contributed by atoms with Crippen molar-refractivity contribution in [1.82, 2.24) is 0 Å². The van der Waals surface area contributed by atoms with Crippen molar-refractivity contribution in [3.05, 3.63) is 71.3 Å². The third-order valence-corrected chi connectivity index (χ3v) is 4.79. The van der Waals surface area contributed by atoms with E-state index >= 15 is 0 Å². The Morgan fingerprint density at radius 1 is 0.833 bits per heavy atom. The van der Waals surface area contributed by atoms with Gasteiger partial charge in [-0.3, -0.25) is 0 Å². The van der Waals surface area contributed by atoms with Crippen LogP contribution in [0.15, 0.2) is 54.6 Å². The van der Waals surface area contributed by atoms with Gasteiger partial charge in [0.2, 0.25) is 0 Å². The van der Waals surface area contributed by atoms with Crippen molar-refractivity contribution in [2.75, 3.05) is 0 Å². The lowest BCUT2D eigenvalue weighted by Gasteiger charge is -2.28. The van der Waals surface area contributed by atoms with E-state index in [2.05, 4.69) is 75.4 Å². The molecule has 2 unspecified atom stereocenters. The van der Waals surface area contributed by atoms with E-state index in [9.17, 15) is 0 Å². The fourth-order valence-electron chi connectivity index (χ4n) is 3.41. The first-order valence-corrected chi connectivity index (χ1v) is 6.76. The van der Waals surface area contributed by atoms with Crippen molar-refractivity contribution in [1.29, 1.82) is 0 Å². The van der Waals surface area contributed by atoms with Gasteiger partial charge in [-0.2, -0.15) is 0 Å². The highest BCUT2D eigenvalue weighted by molar-refractivity contribution is 5.48. The number of hydrogen-bond acceptors (Lipinski definition) is 0.